The zero-order chi connectivity index (χ0) is 11.9. The molecule has 0 aliphatic rings. The van der Waals surface area contributed by atoms with Crippen LogP contribution in [0.3, 0.4) is 0 Å². The van der Waals surface area contributed by atoms with Gasteiger partial charge in [-0.05, 0) is 6.07 Å². The molecule has 1 heterocycles. The van der Waals surface area contributed by atoms with E-state index in [0.717, 1.165) is 0 Å². The minimum atomic E-state index is -1.96. The average molecular weight is 297 g/mol. The number of para-hydroxylation sites is 1. The van der Waals surface area contributed by atoms with Crippen molar-refractivity contribution in [1.29, 1.82) is 0 Å². The van der Waals surface area contributed by atoms with Gasteiger partial charge < -0.3 is 4.98 Å². The molecule has 2 aromatic rings. The Hall–Kier alpha value is -0.410. The maximum Gasteiger partial charge on any atom is 0.253 e. The van der Waals surface area contributed by atoms with E-state index in [-0.39, 0.29) is 0 Å². The number of hydrogen-bond acceptors (Lipinski definition) is 1. The van der Waals surface area contributed by atoms with Crippen LogP contribution in [0.4, 0.5) is 0 Å². The van der Waals surface area contributed by atoms with Crippen LogP contribution in [0, 0.1) is 0 Å². The van der Waals surface area contributed by atoms with Gasteiger partial charge >= 0.3 is 0 Å². The molecule has 0 saturated heterocycles. The third kappa shape index (κ3) is 2.03. The van der Waals surface area contributed by atoms with E-state index in [1.54, 1.807) is 18.2 Å². The van der Waals surface area contributed by atoms with E-state index in [1.807, 2.05) is 0 Å². The molecular formula is C10H5Cl4NO. The molecule has 0 radical (unpaired) electrons. The van der Waals surface area contributed by atoms with Crippen LogP contribution in [0.1, 0.15) is 10.4 Å². The molecular weight excluding hydrogens is 292 g/mol. The fraction of sp³-hybridized carbons (Fsp3) is 0.100. The minimum Gasteiger partial charge on any atom is -0.359 e. The van der Waals surface area contributed by atoms with Crippen LogP contribution in [0.25, 0.3) is 10.9 Å². The quantitative estimate of drug-likeness (QED) is 0.615. The van der Waals surface area contributed by atoms with E-state index in [1.165, 1.54) is 6.20 Å². The number of ketones is 1. The highest BCUT2D eigenvalue weighted by atomic mass is 35.6. The summed E-state index contributed by atoms with van der Waals surface area (Å²) in [5.74, 6) is -0.578. The number of benzene rings is 1. The first-order valence-electron chi connectivity index (χ1n) is 4.28. The summed E-state index contributed by atoms with van der Waals surface area (Å²) in [6, 6.07) is 5.18. The van der Waals surface area contributed by atoms with Gasteiger partial charge in [0.2, 0.25) is 5.78 Å². The maximum atomic E-state index is 11.8. The third-order valence-electron chi connectivity index (χ3n) is 2.17. The largest absolute Gasteiger partial charge is 0.359 e. The second-order valence-corrected chi connectivity index (χ2v) is 5.88. The topological polar surface area (TPSA) is 32.9 Å². The van der Waals surface area contributed by atoms with Crippen molar-refractivity contribution in [1.82, 2.24) is 4.98 Å². The number of carbonyl (C=O) groups excluding carboxylic acids is 1. The molecule has 2 rings (SSSR count). The zero-order valence-corrected chi connectivity index (χ0v) is 10.8. The number of aromatic nitrogens is 1. The van der Waals surface area contributed by atoms with Crippen LogP contribution in [0.2, 0.25) is 5.02 Å². The highest BCUT2D eigenvalue weighted by Crippen LogP contribution is 2.34. The first-order valence-corrected chi connectivity index (χ1v) is 5.79. The molecule has 0 aliphatic carbocycles. The maximum absolute atomic E-state index is 11.8. The van der Waals surface area contributed by atoms with Crippen molar-refractivity contribution < 1.29 is 4.79 Å². The molecule has 0 aliphatic heterocycles. The molecule has 0 fully saturated rings. The van der Waals surface area contributed by atoms with Gasteiger partial charge in [0.05, 0.1) is 10.5 Å². The van der Waals surface area contributed by atoms with Crippen molar-refractivity contribution in [2.24, 2.45) is 0 Å². The summed E-state index contributed by atoms with van der Waals surface area (Å²) in [5.41, 5.74) is 0.972. The van der Waals surface area contributed by atoms with Crippen molar-refractivity contribution in [2.75, 3.05) is 0 Å². The van der Waals surface area contributed by atoms with Crippen molar-refractivity contribution >= 4 is 63.1 Å². The Balaban J connectivity index is 2.64. The average Bonchev–Trinajstić information content (AvgIpc) is 2.60. The van der Waals surface area contributed by atoms with Crippen LogP contribution < -0.4 is 0 Å². The smallest absolute Gasteiger partial charge is 0.253 e. The molecule has 1 aromatic carbocycles. The molecule has 0 atom stereocenters. The lowest BCUT2D eigenvalue weighted by atomic mass is 10.1. The van der Waals surface area contributed by atoms with Crippen LogP contribution in [-0.4, -0.2) is 14.6 Å². The lowest BCUT2D eigenvalue weighted by Crippen LogP contribution is -2.18. The van der Waals surface area contributed by atoms with Crippen molar-refractivity contribution in [3.8, 4) is 0 Å². The second-order valence-electron chi connectivity index (χ2n) is 3.19. The molecule has 0 bridgehead atoms. The molecule has 0 unspecified atom stereocenters. The van der Waals surface area contributed by atoms with Crippen molar-refractivity contribution in [2.45, 2.75) is 3.79 Å². The summed E-state index contributed by atoms with van der Waals surface area (Å²) in [7, 11) is 0. The number of nitrogens with one attached hydrogen (secondary N) is 1. The number of carbonyl (C=O) groups is 1. The van der Waals surface area contributed by atoms with Gasteiger partial charge in [0.15, 0.2) is 0 Å². The van der Waals surface area contributed by atoms with Gasteiger partial charge in [-0.15, -0.1) is 0 Å². The van der Waals surface area contributed by atoms with Gasteiger partial charge in [0.25, 0.3) is 3.79 Å². The number of rotatable bonds is 1. The van der Waals surface area contributed by atoms with Crippen molar-refractivity contribution in [3.05, 3.63) is 35.0 Å². The first-order chi connectivity index (χ1) is 7.41. The molecule has 6 heteroatoms. The molecule has 1 N–H and O–H groups in total. The number of halogens is 4. The summed E-state index contributed by atoms with van der Waals surface area (Å²) < 4.78 is -1.96. The summed E-state index contributed by atoms with van der Waals surface area (Å²) in [6.45, 7) is 0. The number of alkyl halides is 3. The third-order valence-corrected chi connectivity index (χ3v) is 3.00. The Morgan fingerprint density at radius 1 is 1.25 bits per heavy atom. The fourth-order valence-electron chi connectivity index (χ4n) is 1.46. The Kier molecular flexibility index (Phi) is 3.10. The minimum absolute atomic E-state index is 0.317. The van der Waals surface area contributed by atoms with Crippen LogP contribution in [0.15, 0.2) is 24.4 Å². The predicted octanol–water partition coefficient (Wildman–Crippen LogP) is 4.37. The molecule has 0 amide bonds. The highest BCUT2D eigenvalue weighted by Gasteiger charge is 2.33. The van der Waals surface area contributed by atoms with Gasteiger partial charge in [0.1, 0.15) is 0 Å². The molecule has 0 saturated carbocycles. The zero-order valence-electron chi connectivity index (χ0n) is 7.73. The van der Waals surface area contributed by atoms with Gasteiger partial charge in [-0.1, -0.05) is 58.5 Å². The Bertz CT molecular complexity index is 555. The van der Waals surface area contributed by atoms with E-state index in [4.69, 9.17) is 46.4 Å². The second kappa shape index (κ2) is 4.11. The lowest BCUT2D eigenvalue weighted by Gasteiger charge is -2.07. The number of H-pyrrole nitrogens is 1. The summed E-state index contributed by atoms with van der Waals surface area (Å²) >= 11 is 22.6. The van der Waals surface area contributed by atoms with Crippen LogP contribution in [-0.2, 0) is 0 Å². The number of Topliss-reactive ketones (excluding diaryl/α,β-unsaturated/α-hetero) is 1. The summed E-state index contributed by atoms with van der Waals surface area (Å²) in [4.78, 5) is 14.7. The molecule has 1 aromatic heterocycles. The lowest BCUT2D eigenvalue weighted by molar-refractivity contribution is 0.0998. The molecule has 2 nitrogen and oxygen atoms in total. The Morgan fingerprint density at radius 3 is 2.56 bits per heavy atom. The van der Waals surface area contributed by atoms with Gasteiger partial charge in [-0.25, -0.2) is 0 Å². The van der Waals surface area contributed by atoms with Gasteiger partial charge in [0, 0.05) is 17.1 Å². The molecule has 16 heavy (non-hydrogen) atoms. The Morgan fingerprint density at radius 2 is 1.94 bits per heavy atom. The normalized spacial score (nSPS) is 12.0. The van der Waals surface area contributed by atoms with Crippen molar-refractivity contribution in [3.63, 3.8) is 0 Å². The van der Waals surface area contributed by atoms with E-state index < -0.39 is 9.58 Å². The van der Waals surface area contributed by atoms with Crippen LogP contribution in [0.5, 0.6) is 0 Å². The fourth-order valence-corrected chi connectivity index (χ4v) is 1.99. The summed E-state index contributed by atoms with van der Waals surface area (Å²) in [6.07, 6.45) is 1.49. The first kappa shape index (κ1) is 12.1. The standard InChI is InChI=1S/C10H5Cl4NO/c11-7-3-1-2-5-6(4-15-8(5)7)9(16)10(12,13)14/h1-4,15H. The summed E-state index contributed by atoms with van der Waals surface area (Å²) in [5, 5.41) is 1.16. The number of aromatic amines is 1. The number of hydrogen-bond donors (Lipinski definition) is 1. The molecule has 0 spiro atoms. The van der Waals surface area contributed by atoms with E-state index in [9.17, 15) is 4.79 Å². The van der Waals surface area contributed by atoms with E-state index >= 15 is 0 Å². The predicted molar refractivity (Wildman–Crippen MR) is 67.9 cm³/mol. The van der Waals surface area contributed by atoms with E-state index in [0.29, 0.717) is 21.5 Å². The number of fused-ring (bicyclic) bond motifs is 1. The van der Waals surface area contributed by atoms with Crippen LogP contribution >= 0.6 is 46.4 Å². The van der Waals surface area contributed by atoms with E-state index in [2.05, 4.69) is 4.98 Å². The monoisotopic (exact) mass is 295 g/mol. The SMILES string of the molecule is O=C(c1c[nH]c2c(Cl)cccc12)C(Cl)(Cl)Cl. The van der Waals surface area contributed by atoms with Gasteiger partial charge in [-0.3, -0.25) is 4.79 Å². The molecule has 84 valence electrons. The highest BCUT2D eigenvalue weighted by molar-refractivity contribution is 6.77. The Labute approximate surface area is 111 Å². The van der Waals surface area contributed by atoms with Gasteiger partial charge in [-0.2, -0.15) is 0 Å².